The average Bonchev–Trinajstić information content (AvgIpc) is 3.41. The molecule has 2 aliphatic carbocycles. The standard InChI is InChI=1S/C61H76FN5O13/c1-3-5-6-7-8-9-10-11-12-15-34-63-59(70)78-50-32-33-55-53(39-50)57-51(19-14-17-36-69)45(18-13-16-35-68)38-52-54(64-77-42-44-22-26-47(27-23-44)66(72)73)40-56(61(80-55,58(52)57)76-37-4-2)65(41-43-20-24-46(62)25-21-43)60(71)79-49-30-28-48(29-31-49)67(74)75/h4,20-33,38-39,45,51,56-58,68-69H,2-3,5-19,34-37,40-42H2,1H3,(H,63,70). The molecule has 2 amide bonds. The number of carbonyl (C=O) groups is 2. The molecule has 4 aromatic rings. The lowest BCUT2D eigenvalue weighted by Crippen LogP contribution is -2.70. The molecule has 80 heavy (non-hydrogen) atoms. The van der Waals surface area contributed by atoms with Gasteiger partial charge in [-0.3, -0.25) is 25.1 Å². The van der Waals surface area contributed by atoms with Gasteiger partial charge in [-0.15, -0.1) is 6.58 Å². The molecule has 1 heterocycles. The van der Waals surface area contributed by atoms with Gasteiger partial charge in [0.25, 0.3) is 11.4 Å². The largest absolute Gasteiger partial charge is 0.459 e. The fourth-order valence-electron chi connectivity index (χ4n) is 11.4. The number of allylic oxidation sites excluding steroid dienone is 1. The number of aliphatic hydroxyl groups is 2. The molecule has 0 bridgehead atoms. The Labute approximate surface area is 467 Å². The predicted molar refractivity (Wildman–Crippen MR) is 300 cm³/mol. The van der Waals surface area contributed by atoms with E-state index in [0.717, 1.165) is 25.7 Å². The number of rotatable bonds is 32. The molecule has 4 aromatic carbocycles. The van der Waals surface area contributed by atoms with E-state index in [1.807, 2.05) is 6.07 Å². The summed E-state index contributed by atoms with van der Waals surface area (Å²) in [7, 11) is 0. The number of halogens is 1. The summed E-state index contributed by atoms with van der Waals surface area (Å²) in [5, 5.41) is 51.0. The Morgan fingerprint density at radius 2 is 1.41 bits per heavy atom. The molecule has 0 saturated heterocycles. The van der Waals surface area contributed by atoms with E-state index >= 15 is 4.79 Å². The number of nitrogens with zero attached hydrogens (tertiary/aromatic N) is 4. The number of nitrogens with one attached hydrogen (secondary N) is 1. The van der Waals surface area contributed by atoms with Crippen molar-refractivity contribution in [2.45, 2.75) is 147 Å². The molecule has 0 spiro atoms. The first kappa shape index (κ1) is 60.4. The molecular formula is C61H76FN5O13. The first-order valence-corrected chi connectivity index (χ1v) is 28.3. The first-order valence-electron chi connectivity index (χ1n) is 28.3. The third-order valence-corrected chi connectivity index (χ3v) is 15.3. The molecular weight excluding hydrogens is 1030 g/mol. The lowest BCUT2D eigenvalue weighted by Gasteiger charge is -2.59. The van der Waals surface area contributed by atoms with Gasteiger partial charge < -0.3 is 39.3 Å². The summed E-state index contributed by atoms with van der Waals surface area (Å²) >= 11 is 0. The van der Waals surface area contributed by atoms with Crippen molar-refractivity contribution in [1.29, 1.82) is 0 Å². The Morgan fingerprint density at radius 3 is 2.05 bits per heavy atom. The monoisotopic (exact) mass is 1110 g/mol. The van der Waals surface area contributed by atoms with E-state index in [0.29, 0.717) is 78.8 Å². The summed E-state index contributed by atoms with van der Waals surface area (Å²) in [6.07, 6.45) is 17.4. The highest BCUT2D eigenvalue weighted by Crippen LogP contribution is 2.62. The maximum Gasteiger partial charge on any atom is 0.416 e. The summed E-state index contributed by atoms with van der Waals surface area (Å²) in [6.45, 7) is 6.30. The molecule has 19 heteroatoms. The van der Waals surface area contributed by atoms with Gasteiger partial charge in [0.15, 0.2) is 0 Å². The molecule has 1 fully saturated rings. The fourth-order valence-corrected chi connectivity index (χ4v) is 11.4. The second kappa shape index (κ2) is 30.4. The number of ether oxygens (including phenoxy) is 4. The number of unbranched alkanes of at least 4 members (excludes halogenated alkanes) is 11. The number of oxime groups is 1. The normalized spacial score (nSPS) is 20.3. The van der Waals surface area contributed by atoms with Crippen LogP contribution < -0.4 is 19.5 Å². The van der Waals surface area contributed by atoms with Crippen LogP contribution in [0.5, 0.6) is 17.2 Å². The van der Waals surface area contributed by atoms with Crippen LogP contribution in [-0.2, 0) is 22.7 Å². The van der Waals surface area contributed by atoms with Gasteiger partial charge in [-0.2, -0.15) is 0 Å². The Hall–Kier alpha value is -7.22. The molecule has 7 rings (SSSR count). The van der Waals surface area contributed by atoms with Crippen LogP contribution in [0.25, 0.3) is 0 Å². The topological polar surface area (TPSA) is 235 Å². The molecule has 18 nitrogen and oxygen atoms in total. The van der Waals surface area contributed by atoms with Crippen LogP contribution in [0.3, 0.4) is 0 Å². The van der Waals surface area contributed by atoms with Crippen LogP contribution >= 0.6 is 0 Å². The van der Waals surface area contributed by atoms with E-state index in [4.69, 9.17) is 28.9 Å². The van der Waals surface area contributed by atoms with Crippen molar-refractivity contribution < 1.29 is 57.8 Å². The third-order valence-electron chi connectivity index (χ3n) is 15.3. The maximum atomic E-state index is 15.2. The molecule has 0 radical (unpaired) electrons. The van der Waals surface area contributed by atoms with Gasteiger partial charge in [0.05, 0.1) is 28.1 Å². The second-order valence-corrected chi connectivity index (χ2v) is 20.8. The zero-order valence-electron chi connectivity index (χ0n) is 45.7. The number of aliphatic hydroxyl groups excluding tert-OH is 2. The highest BCUT2D eigenvalue weighted by Gasteiger charge is 2.66. The van der Waals surface area contributed by atoms with Gasteiger partial charge >= 0.3 is 12.2 Å². The van der Waals surface area contributed by atoms with Crippen molar-refractivity contribution >= 4 is 29.3 Å². The number of hydrogen-bond donors (Lipinski definition) is 3. The minimum absolute atomic E-state index is 0.00247. The highest BCUT2D eigenvalue weighted by atomic mass is 19.1. The summed E-state index contributed by atoms with van der Waals surface area (Å²) in [5.74, 6) is -3.26. The number of amides is 2. The molecule has 0 aromatic heterocycles. The number of benzene rings is 4. The zero-order chi connectivity index (χ0) is 56.9. The van der Waals surface area contributed by atoms with Gasteiger partial charge in [-0.05, 0) is 115 Å². The van der Waals surface area contributed by atoms with Gasteiger partial charge in [-0.25, -0.2) is 14.0 Å². The smallest absolute Gasteiger partial charge is 0.416 e. The van der Waals surface area contributed by atoms with Crippen molar-refractivity contribution in [2.75, 3.05) is 26.4 Å². The summed E-state index contributed by atoms with van der Waals surface area (Å²) in [5.41, 5.74) is 2.61. The van der Waals surface area contributed by atoms with Crippen molar-refractivity contribution in [2.24, 2.45) is 22.9 Å². The van der Waals surface area contributed by atoms with Crippen molar-refractivity contribution in [3.8, 4) is 17.2 Å². The number of hydrogen-bond acceptors (Lipinski definition) is 14. The van der Waals surface area contributed by atoms with Crippen molar-refractivity contribution in [1.82, 2.24) is 10.2 Å². The molecule has 1 aliphatic heterocycles. The van der Waals surface area contributed by atoms with E-state index in [1.54, 1.807) is 42.5 Å². The lowest BCUT2D eigenvalue weighted by atomic mass is 9.55. The van der Waals surface area contributed by atoms with Crippen molar-refractivity contribution in [3.05, 3.63) is 158 Å². The van der Waals surface area contributed by atoms with E-state index in [-0.39, 0.29) is 74.1 Å². The number of nitro benzene ring substituents is 2. The van der Waals surface area contributed by atoms with Crippen molar-refractivity contribution in [3.63, 3.8) is 0 Å². The summed E-state index contributed by atoms with van der Waals surface area (Å²) < 4.78 is 41.1. The fraction of sp³-hybridized carbons (Fsp3) is 0.492. The van der Waals surface area contributed by atoms with Crippen LogP contribution in [0.2, 0.25) is 0 Å². The van der Waals surface area contributed by atoms with Gasteiger partial charge in [0.2, 0.25) is 5.79 Å². The maximum absolute atomic E-state index is 15.2. The van der Waals surface area contributed by atoms with Gasteiger partial charge in [0, 0.05) is 68.5 Å². The SMILES string of the molecule is C=CCOC12Oc3ccc(OC(=O)NCCCCCCCCCCCC)cc3C3C(CCCCO)C(CCCCO)C=C(C(=NOCc4ccc([N+](=O)[O-])cc4)CC1N(Cc1ccc(F)cc1)C(=O)Oc1ccc([N+](=O)[O-])cc1)C32. The highest BCUT2D eigenvalue weighted by molar-refractivity contribution is 6.03. The van der Waals surface area contributed by atoms with Crippen LogP contribution in [-0.4, -0.2) is 81.1 Å². The van der Waals surface area contributed by atoms with E-state index in [1.165, 1.54) is 92.0 Å². The molecule has 6 unspecified atom stereocenters. The van der Waals surface area contributed by atoms with Crippen LogP contribution in [0.15, 0.2) is 120 Å². The minimum atomic E-state index is -1.77. The number of non-ortho nitro benzene ring substituents is 2. The minimum Gasteiger partial charge on any atom is -0.459 e. The second-order valence-electron chi connectivity index (χ2n) is 20.8. The Bertz CT molecular complexity index is 2740. The molecule has 3 N–H and O–H groups in total. The van der Waals surface area contributed by atoms with E-state index in [9.17, 15) is 39.6 Å². The number of fused-ring (bicyclic) bond motifs is 2. The Morgan fingerprint density at radius 1 is 0.800 bits per heavy atom. The predicted octanol–water partition coefficient (Wildman–Crippen LogP) is 13.2. The van der Waals surface area contributed by atoms with Gasteiger partial charge in [0.1, 0.15) is 35.7 Å². The molecule has 1 saturated carbocycles. The number of carbonyl (C=O) groups excluding carboxylic acids is 2. The molecule has 6 atom stereocenters. The summed E-state index contributed by atoms with van der Waals surface area (Å²) in [6, 6.07) is 20.6. The average molecular weight is 1110 g/mol. The Kier molecular flexibility index (Phi) is 23.0. The van der Waals surface area contributed by atoms with Crippen LogP contribution in [0.4, 0.5) is 25.4 Å². The van der Waals surface area contributed by atoms with Crippen LogP contribution in [0.1, 0.15) is 139 Å². The number of nitro groups is 2. The van der Waals surface area contributed by atoms with Gasteiger partial charge in [-0.1, -0.05) is 107 Å². The van der Waals surface area contributed by atoms with E-state index in [2.05, 4.69) is 24.9 Å². The van der Waals surface area contributed by atoms with E-state index < -0.39 is 51.5 Å². The first-order chi connectivity index (χ1) is 38.9. The Balaban J connectivity index is 1.33. The lowest BCUT2D eigenvalue weighted by molar-refractivity contribution is -0.385. The van der Waals surface area contributed by atoms with Crippen LogP contribution in [0, 0.1) is 43.8 Å². The quantitative estimate of drug-likeness (QED) is 0.0179. The summed E-state index contributed by atoms with van der Waals surface area (Å²) in [4.78, 5) is 58.3. The molecule has 3 aliphatic rings. The zero-order valence-corrected chi connectivity index (χ0v) is 45.7. The molecule has 430 valence electrons. The third kappa shape index (κ3) is 16.0.